The molecule has 0 aromatic carbocycles. The lowest BCUT2D eigenvalue weighted by atomic mass is 9.87. The maximum atomic E-state index is 11.9. The van der Waals surface area contributed by atoms with Gasteiger partial charge in [0.05, 0.1) is 12.6 Å². The highest BCUT2D eigenvalue weighted by Gasteiger charge is 2.28. The zero-order valence-electron chi connectivity index (χ0n) is 14.4. The summed E-state index contributed by atoms with van der Waals surface area (Å²) in [5.74, 6) is 0.443. The molecule has 130 valence electrons. The lowest BCUT2D eigenvalue weighted by Gasteiger charge is -2.32. The number of halogens is 1. The summed E-state index contributed by atoms with van der Waals surface area (Å²) >= 11 is 5.51. The summed E-state index contributed by atoms with van der Waals surface area (Å²) in [6.45, 7) is 11.8. The highest BCUT2D eigenvalue weighted by atomic mass is 35.5. The van der Waals surface area contributed by atoms with Gasteiger partial charge in [-0.2, -0.15) is 0 Å². The van der Waals surface area contributed by atoms with Crippen molar-refractivity contribution in [3.8, 4) is 0 Å². The van der Waals surface area contributed by atoms with Crippen LogP contribution in [0.5, 0.6) is 0 Å². The van der Waals surface area contributed by atoms with Crippen molar-refractivity contribution in [3.63, 3.8) is 0 Å². The van der Waals surface area contributed by atoms with Crippen LogP contribution in [0, 0.1) is 5.41 Å². The van der Waals surface area contributed by atoms with E-state index in [-0.39, 0.29) is 24.6 Å². The highest BCUT2D eigenvalue weighted by molar-refractivity contribution is 6.17. The molecule has 0 radical (unpaired) electrons. The SMILES string of the molecule is CC(C)(C)OC(=O)N[C@@H](CNC(=O)OCCCCl)C(C)(C)C. The third-order valence-corrected chi connectivity index (χ3v) is 2.97. The summed E-state index contributed by atoms with van der Waals surface area (Å²) in [5.41, 5.74) is -0.819. The second-order valence-electron chi connectivity index (χ2n) is 7.12. The fourth-order valence-corrected chi connectivity index (χ4v) is 1.59. The van der Waals surface area contributed by atoms with Crippen LogP contribution in [0.2, 0.25) is 0 Å². The first-order valence-corrected chi connectivity index (χ1v) is 7.95. The predicted molar refractivity (Wildman–Crippen MR) is 87.3 cm³/mol. The van der Waals surface area contributed by atoms with E-state index in [1.54, 1.807) is 20.8 Å². The summed E-state index contributed by atoms with van der Waals surface area (Å²) in [5, 5.41) is 5.43. The van der Waals surface area contributed by atoms with Crippen LogP contribution in [-0.4, -0.2) is 42.9 Å². The quantitative estimate of drug-likeness (QED) is 0.576. The minimum absolute atomic E-state index is 0.250. The van der Waals surface area contributed by atoms with Gasteiger partial charge in [0.25, 0.3) is 0 Å². The molecule has 0 aliphatic carbocycles. The van der Waals surface area contributed by atoms with E-state index in [2.05, 4.69) is 10.6 Å². The molecule has 0 unspecified atom stereocenters. The fourth-order valence-electron chi connectivity index (χ4n) is 1.48. The molecule has 0 saturated carbocycles. The van der Waals surface area contributed by atoms with E-state index in [9.17, 15) is 9.59 Å². The third-order valence-electron chi connectivity index (χ3n) is 2.70. The van der Waals surface area contributed by atoms with E-state index in [0.717, 1.165) is 0 Å². The van der Waals surface area contributed by atoms with Crippen molar-refractivity contribution in [2.75, 3.05) is 19.0 Å². The third kappa shape index (κ3) is 10.5. The first-order chi connectivity index (χ1) is 9.95. The first-order valence-electron chi connectivity index (χ1n) is 7.42. The number of nitrogens with one attached hydrogen (secondary N) is 2. The summed E-state index contributed by atoms with van der Waals surface area (Å²) in [6.07, 6.45) is -0.427. The molecule has 1 atom stereocenters. The average molecular weight is 337 g/mol. The maximum absolute atomic E-state index is 11.9. The smallest absolute Gasteiger partial charge is 0.407 e. The van der Waals surface area contributed by atoms with E-state index in [1.807, 2.05) is 20.8 Å². The van der Waals surface area contributed by atoms with Gasteiger partial charge in [-0.1, -0.05) is 20.8 Å². The molecule has 0 saturated heterocycles. The Hall–Kier alpha value is -1.17. The fraction of sp³-hybridized carbons (Fsp3) is 0.867. The predicted octanol–water partition coefficient (Wildman–Crippen LogP) is 3.28. The Morgan fingerprint density at radius 1 is 1.09 bits per heavy atom. The van der Waals surface area contributed by atoms with E-state index < -0.39 is 17.8 Å². The molecule has 0 aromatic rings. The summed E-state index contributed by atoms with van der Waals surface area (Å²) < 4.78 is 10.2. The van der Waals surface area contributed by atoms with Gasteiger partial charge in [0.1, 0.15) is 5.60 Å². The van der Waals surface area contributed by atoms with Crippen molar-refractivity contribution in [1.29, 1.82) is 0 Å². The van der Waals surface area contributed by atoms with Gasteiger partial charge in [-0.15, -0.1) is 11.6 Å². The largest absolute Gasteiger partial charge is 0.450 e. The number of hydrogen-bond acceptors (Lipinski definition) is 4. The second kappa shape index (κ2) is 9.08. The van der Waals surface area contributed by atoms with E-state index in [4.69, 9.17) is 21.1 Å². The van der Waals surface area contributed by atoms with Gasteiger partial charge in [0.2, 0.25) is 0 Å². The average Bonchev–Trinajstić information content (AvgIpc) is 2.31. The molecule has 7 heteroatoms. The topological polar surface area (TPSA) is 76.7 Å². The van der Waals surface area contributed by atoms with Crippen LogP contribution in [0.25, 0.3) is 0 Å². The molecule has 0 heterocycles. The minimum Gasteiger partial charge on any atom is -0.450 e. The molecule has 6 nitrogen and oxygen atoms in total. The molecule has 0 spiro atoms. The molecule has 0 aromatic heterocycles. The zero-order valence-corrected chi connectivity index (χ0v) is 15.2. The lowest BCUT2D eigenvalue weighted by Crippen LogP contribution is -2.51. The minimum atomic E-state index is -0.569. The number of carbonyl (C=O) groups excluding carboxylic acids is 2. The Morgan fingerprint density at radius 3 is 2.14 bits per heavy atom. The van der Waals surface area contributed by atoms with Crippen LogP contribution in [0.15, 0.2) is 0 Å². The highest BCUT2D eigenvalue weighted by Crippen LogP contribution is 2.19. The Labute approximate surface area is 138 Å². The van der Waals surface area contributed by atoms with Crippen LogP contribution in [0.3, 0.4) is 0 Å². The summed E-state index contributed by atoms with van der Waals surface area (Å²) in [4.78, 5) is 23.4. The van der Waals surface area contributed by atoms with E-state index >= 15 is 0 Å². The lowest BCUT2D eigenvalue weighted by molar-refractivity contribution is 0.0461. The number of hydrogen-bond donors (Lipinski definition) is 2. The van der Waals surface area contributed by atoms with E-state index in [1.165, 1.54) is 0 Å². The Kier molecular flexibility index (Phi) is 8.60. The van der Waals surface area contributed by atoms with Gasteiger partial charge in [-0.05, 0) is 32.6 Å². The molecule has 0 bridgehead atoms. The number of alkyl carbamates (subject to hydrolysis) is 2. The van der Waals surface area contributed by atoms with Crippen LogP contribution < -0.4 is 10.6 Å². The number of alkyl halides is 1. The van der Waals surface area contributed by atoms with E-state index in [0.29, 0.717) is 12.3 Å². The van der Waals surface area contributed by atoms with Crippen molar-refractivity contribution in [2.45, 2.75) is 59.6 Å². The molecule has 0 aliphatic rings. The van der Waals surface area contributed by atoms with Crippen LogP contribution in [0.4, 0.5) is 9.59 Å². The number of amides is 2. The molecular weight excluding hydrogens is 308 g/mol. The summed E-state index contributed by atoms with van der Waals surface area (Å²) in [7, 11) is 0. The van der Waals surface area contributed by atoms with Gasteiger partial charge in [0.15, 0.2) is 0 Å². The van der Waals surface area contributed by atoms with Gasteiger partial charge in [-0.3, -0.25) is 0 Å². The molecule has 0 aliphatic heterocycles. The second-order valence-corrected chi connectivity index (χ2v) is 7.50. The number of rotatable bonds is 6. The van der Waals surface area contributed by atoms with Crippen molar-refractivity contribution in [1.82, 2.24) is 10.6 Å². The van der Waals surface area contributed by atoms with Gasteiger partial charge in [0, 0.05) is 12.4 Å². The normalized spacial score (nSPS) is 13.2. The Morgan fingerprint density at radius 2 is 1.68 bits per heavy atom. The van der Waals surface area contributed by atoms with Gasteiger partial charge < -0.3 is 20.1 Å². The molecule has 22 heavy (non-hydrogen) atoms. The number of ether oxygens (including phenoxy) is 2. The van der Waals surface area contributed by atoms with Crippen molar-refractivity contribution in [2.24, 2.45) is 5.41 Å². The molecule has 0 rings (SSSR count). The van der Waals surface area contributed by atoms with Crippen molar-refractivity contribution in [3.05, 3.63) is 0 Å². The van der Waals surface area contributed by atoms with Crippen LogP contribution in [-0.2, 0) is 9.47 Å². The molecule has 2 amide bonds. The van der Waals surface area contributed by atoms with Gasteiger partial charge in [-0.25, -0.2) is 9.59 Å². The monoisotopic (exact) mass is 336 g/mol. The van der Waals surface area contributed by atoms with Crippen LogP contribution in [0.1, 0.15) is 48.0 Å². The maximum Gasteiger partial charge on any atom is 0.407 e. The standard InChI is InChI=1S/C15H29ClN2O4/c1-14(2,3)11(18-13(20)22-15(4,5)6)10-17-12(19)21-9-7-8-16/h11H,7-10H2,1-6H3,(H,17,19)(H,18,20)/t11-/m0/s1. The first kappa shape index (κ1) is 20.8. The zero-order chi connectivity index (χ0) is 17.4. The van der Waals surface area contributed by atoms with Crippen LogP contribution >= 0.6 is 11.6 Å². The Bertz CT molecular complexity index is 362. The molecule has 2 N–H and O–H groups in total. The van der Waals surface area contributed by atoms with Crippen molar-refractivity contribution >= 4 is 23.8 Å². The molecular formula is C15H29ClN2O4. The number of carbonyl (C=O) groups is 2. The summed E-state index contributed by atoms with van der Waals surface area (Å²) in [6, 6.07) is -0.289. The molecule has 0 fully saturated rings. The Balaban J connectivity index is 4.43. The van der Waals surface area contributed by atoms with Crippen molar-refractivity contribution < 1.29 is 19.1 Å². The van der Waals surface area contributed by atoms with Gasteiger partial charge >= 0.3 is 12.2 Å².